The monoisotopic (exact) mass is 490 g/mol. The number of ketones is 1. The van der Waals surface area contributed by atoms with Gasteiger partial charge in [0.2, 0.25) is 0 Å². The van der Waals surface area contributed by atoms with E-state index in [-0.39, 0.29) is 17.4 Å². The number of hydrogen-bond acceptors (Lipinski definition) is 5. The third-order valence-corrected chi connectivity index (χ3v) is 6.14. The number of halogens is 2. The second-order valence-electron chi connectivity index (χ2n) is 8.62. The number of rotatable bonds is 7. The minimum atomic E-state index is -0.786. The summed E-state index contributed by atoms with van der Waals surface area (Å²) in [6, 6.07) is 9.35. The van der Waals surface area contributed by atoms with Crippen molar-refractivity contribution >= 4 is 40.7 Å². The minimum Gasteiger partial charge on any atom is -0.507 e. The summed E-state index contributed by atoms with van der Waals surface area (Å²) in [7, 11) is 3.77. The van der Waals surface area contributed by atoms with Crippen LogP contribution in [0, 0.1) is 6.92 Å². The lowest BCUT2D eigenvalue weighted by atomic mass is 9.94. The third-order valence-electron chi connectivity index (χ3n) is 5.40. The molecule has 33 heavy (non-hydrogen) atoms. The molecule has 1 heterocycles. The zero-order chi connectivity index (χ0) is 24.4. The van der Waals surface area contributed by atoms with Gasteiger partial charge in [-0.1, -0.05) is 29.3 Å². The van der Waals surface area contributed by atoms with Crippen LogP contribution < -0.4 is 4.74 Å². The zero-order valence-electron chi connectivity index (χ0n) is 19.4. The van der Waals surface area contributed by atoms with Crippen LogP contribution in [0.25, 0.3) is 5.76 Å². The second kappa shape index (κ2) is 10.2. The Hall–Kier alpha value is -2.54. The molecule has 1 fully saturated rings. The number of hydrogen-bond donors (Lipinski definition) is 1. The Kier molecular flexibility index (Phi) is 7.73. The molecule has 1 aliphatic heterocycles. The number of nitrogens with zero attached hydrogens (tertiary/aromatic N) is 2. The van der Waals surface area contributed by atoms with E-state index < -0.39 is 17.7 Å². The number of benzene rings is 2. The molecule has 2 aromatic carbocycles. The number of Topliss-reactive ketones (excluding diaryl/α,β-unsaturated/α-hetero) is 1. The molecule has 8 heteroatoms. The Labute approximate surface area is 204 Å². The summed E-state index contributed by atoms with van der Waals surface area (Å²) in [5.41, 5.74) is 1.86. The van der Waals surface area contributed by atoms with Crippen molar-refractivity contribution in [1.29, 1.82) is 0 Å². The highest BCUT2D eigenvalue weighted by Gasteiger charge is 2.46. The molecule has 2 aromatic rings. The van der Waals surface area contributed by atoms with Crippen molar-refractivity contribution < 1.29 is 19.4 Å². The van der Waals surface area contributed by atoms with Crippen LogP contribution in [0.3, 0.4) is 0 Å². The molecule has 0 spiro atoms. The molecule has 1 N–H and O–H groups in total. The van der Waals surface area contributed by atoms with Crippen LogP contribution >= 0.6 is 23.2 Å². The highest BCUT2D eigenvalue weighted by Crippen LogP contribution is 2.41. The highest BCUT2D eigenvalue weighted by molar-refractivity contribution is 6.46. The van der Waals surface area contributed by atoms with E-state index in [1.54, 1.807) is 36.4 Å². The van der Waals surface area contributed by atoms with Gasteiger partial charge in [0.05, 0.1) is 27.8 Å². The normalized spacial score (nSPS) is 18.0. The molecule has 3 rings (SSSR count). The van der Waals surface area contributed by atoms with Crippen molar-refractivity contribution in [2.45, 2.75) is 32.9 Å². The summed E-state index contributed by atoms with van der Waals surface area (Å²) in [5, 5.41) is 11.9. The van der Waals surface area contributed by atoms with E-state index in [9.17, 15) is 14.7 Å². The van der Waals surface area contributed by atoms with Crippen LogP contribution in [0.15, 0.2) is 42.0 Å². The Morgan fingerprint density at radius 1 is 1.12 bits per heavy atom. The predicted molar refractivity (Wildman–Crippen MR) is 131 cm³/mol. The number of carbonyl (C=O) groups is 2. The summed E-state index contributed by atoms with van der Waals surface area (Å²) in [6.07, 6.45) is -0.000165. The number of ether oxygens (including phenoxy) is 1. The molecule has 0 saturated carbocycles. The molecule has 0 aliphatic carbocycles. The van der Waals surface area contributed by atoms with Gasteiger partial charge in [0, 0.05) is 18.7 Å². The topological polar surface area (TPSA) is 70.1 Å². The number of likely N-dealkylation sites (tertiary alicyclic amines) is 1. The van der Waals surface area contributed by atoms with Gasteiger partial charge in [-0.3, -0.25) is 9.59 Å². The van der Waals surface area contributed by atoms with Gasteiger partial charge in [-0.15, -0.1) is 0 Å². The number of aryl methyl sites for hydroxylation is 1. The Bertz CT molecular complexity index is 1110. The predicted octanol–water partition coefficient (Wildman–Crippen LogP) is 5.07. The van der Waals surface area contributed by atoms with Gasteiger partial charge in [-0.25, -0.2) is 0 Å². The van der Waals surface area contributed by atoms with Crippen LogP contribution in [0.5, 0.6) is 5.75 Å². The first-order valence-corrected chi connectivity index (χ1v) is 11.4. The van der Waals surface area contributed by atoms with Crippen LogP contribution in [-0.4, -0.2) is 59.9 Å². The number of aliphatic hydroxyl groups excluding tert-OH is 1. The molecular formula is C25H28Cl2N2O4. The van der Waals surface area contributed by atoms with E-state index in [4.69, 9.17) is 27.9 Å². The lowest BCUT2D eigenvalue weighted by Gasteiger charge is -2.27. The van der Waals surface area contributed by atoms with E-state index in [0.717, 1.165) is 5.56 Å². The summed E-state index contributed by atoms with van der Waals surface area (Å²) in [4.78, 5) is 29.5. The maximum absolute atomic E-state index is 13.1. The molecule has 1 amide bonds. The largest absolute Gasteiger partial charge is 0.507 e. The van der Waals surface area contributed by atoms with Crippen molar-refractivity contribution in [2.75, 3.05) is 27.2 Å². The fourth-order valence-electron chi connectivity index (χ4n) is 3.79. The van der Waals surface area contributed by atoms with Crippen molar-refractivity contribution in [1.82, 2.24) is 9.80 Å². The molecule has 0 aromatic heterocycles. The molecule has 176 valence electrons. The molecular weight excluding hydrogens is 463 g/mol. The first kappa shape index (κ1) is 25.1. The summed E-state index contributed by atoms with van der Waals surface area (Å²) >= 11 is 12.3. The molecule has 1 aliphatic rings. The minimum absolute atomic E-state index is 0.000165. The van der Waals surface area contributed by atoms with E-state index >= 15 is 0 Å². The van der Waals surface area contributed by atoms with Gasteiger partial charge < -0.3 is 19.6 Å². The van der Waals surface area contributed by atoms with Crippen molar-refractivity contribution in [3.63, 3.8) is 0 Å². The van der Waals surface area contributed by atoms with Crippen LogP contribution in [0.1, 0.15) is 36.6 Å². The van der Waals surface area contributed by atoms with Gasteiger partial charge in [0.1, 0.15) is 11.5 Å². The lowest BCUT2D eigenvalue weighted by Crippen LogP contribution is -2.35. The molecule has 0 bridgehead atoms. The zero-order valence-corrected chi connectivity index (χ0v) is 20.9. The second-order valence-corrected chi connectivity index (χ2v) is 9.43. The van der Waals surface area contributed by atoms with Gasteiger partial charge >= 0.3 is 0 Å². The summed E-state index contributed by atoms with van der Waals surface area (Å²) in [6.45, 7) is 6.57. The molecule has 1 saturated heterocycles. The fourth-order valence-corrected chi connectivity index (χ4v) is 4.09. The maximum Gasteiger partial charge on any atom is 0.295 e. The van der Waals surface area contributed by atoms with Gasteiger partial charge in [0.15, 0.2) is 0 Å². The Balaban J connectivity index is 2.14. The van der Waals surface area contributed by atoms with Crippen molar-refractivity contribution in [3.05, 3.63) is 68.7 Å². The number of aliphatic hydroxyl groups is 1. The average Bonchev–Trinajstić information content (AvgIpc) is 2.99. The van der Waals surface area contributed by atoms with E-state index in [1.807, 2.05) is 39.8 Å². The standard InChI is InChI=1S/C25H28Cl2N2O4/c1-14(2)33-20-9-7-17(12-15(20)3)23(30)21-22(16-6-8-18(26)19(27)13-16)29(11-10-28(4)5)25(32)24(21)31/h6-9,12-14,22,30H,10-11H2,1-5H3/t22-/m0/s1. The number of carbonyl (C=O) groups excluding carboxylic acids is 2. The first-order chi connectivity index (χ1) is 15.5. The third kappa shape index (κ3) is 5.35. The molecule has 6 nitrogen and oxygen atoms in total. The van der Waals surface area contributed by atoms with E-state index in [0.29, 0.717) is 40.0 Å². The van der Waals surface area contributed by atoms with Crippen molar-refractivity contribution in [2.24, 2.45) is 0 Å². The van der Waals surface area contributed by atoms with E-state index in [2.05, 4.69) is 0 Å². The number of likely N-dealkylation sites (N-methyl/N-ethyl adjacent to an activating group) is 1. The molecule has 1 atom stereocenters. The van der Waals surface area contributed by atoms with Gasteiger partial charge in [-0.2, -0.15) is 0 Å². The Morgan fingerprint density at radius 2 is 1.82 bits per heavy atom. The number of amides is 1. The van der Waals surface area contributed by atoms with Crippen LogP contribution in [0.4, 0.5) is 0 Å². The average molecular weight is 491 g/mol. The van der Waals surface area contributed by atoms with Gasteiger partial charge in [-0.05, 0) is 76.3 Å². The van der Waals surface area contributed by atoms with Gasteiger partial charge in [0.25, 0.3) is 11.7 Å². The lowest BCUT2D eigenvalue weighted by molar-refractivity contribution is -0.140. The fraction of sp³-hybridized carbons (Fsp3) is 0.360. The summed E-state index contributed by atoms with van der Waals surface area (Å²) < 4.78 is 5.77. The maximum atomic E-state index is 13.1. The van der Waals surface area contributed by atoms with Crippen molar-refractivity contribution in [3.8, 4) is 5.75 Å². The first-order valence-electron chi connectivity index (χ1n) is 10.7. The quantitative estimate of drug-likeness (QED) is 0.333. The summed E-state index contributed by atoms with van der Waals surface area (Å²) in [5.74, 6) is -0.946. The smallest absolute Gasteiger partial charge is 0.295 e. The van der Waals surface area contributed by atoms with E-state index in [1.165, 1.54) is 4.90 Å². The SMILES string of the molecule is Cc1cc(C(O)=C2C(=O)C(=O)N(CCN(C)C)[C@H]2c2ccc(Cl)c(Cl)c2)ccc1OC(C)C. The van der Waals surface area contributed by atoms with Crippen LogP contribution in [-0.2, 0) is 9.59 Å². The highest BCUT2D eigenvalue weighted by atomic mass is 35.5. The molecule has 0 unspecified atom stereocenters. The van der Waals surface area contributed by atoms with Crippen LogP contribution in [0.2, 0.25) is 10.0 Å². The molecule has 0 radical (unpaired) electrons. The Morgan fingerprint density at radius 3 is 2.39 bits per heavy atom.